The van der Waals surface area contributed by atoms with Crippen LogP contribution in [0.15, 0.2) is 54.6 Å². The van der Waals surface area contributed by atoms with E-state index in [1.54, 1.807) is 32.2 Å². The number of ether oxygens (including phenoxy) is 4. The van der Waals surface area contributed by atoms with Crippen LogP contribution in [0.1, 0.15) is 6.92 Å². The molecule has 28 heavy (non-hydrogen) atoms. The maximum atomic E-state index is 12.5. The molecule has 1 heterocycles. The zero-order chi connectivity index (χ0) is 19.5. The van der Waals surface area contributed by atoms with E-state index in [0.29, 0.717) is 36.1 Å². The minimum atomic E-state index is -0.670. The summed E-state index contributed by atoms with van der Waals surface area (Å²) in [6, 6.07) is 16.8. The van der Waals surface area contributed by atoms with Crippen molar-refractivity contribution in [1.82, 2.24) is 0 Å². The van der Waals surface area contributed by atoms with Crippen LogP contribution < -0.4 is 24.3 Å². The molecule has 3 aromatic rings. The van der Waals surface area contributed by atoms with E-state index >= 15 is 0 Å². The van der Waals surface area contributed by atoms with Gasteiger partial charge in [0.25, 0.3) is 5.91 Å². The normalized spacial score (nSPS) is 13.6. The molecule has 3 aromatic carbocycles. The van der Waals surface area contributed by atoms with Gasteiger partial charge in [0.2, 0.25) is 0 Å². The summed E-state index contributed by atoms with van der Waals surface area (Å²) in [5.74, 6) is 2.45. The van der Waals surface area contributed by atoms with Crippen molar-refractivity contribution in [3.8, 4) is 23.0 Å². The molecule has 0 aliphatic carbocycles. The van der Waals surface area contributed by atoms with Crippen molar-refractivity contribution in [2.45, 2.75) is 13.0 Å². The van der Waals surface area contributed by atoms with Crippen LogP contribution in [0.2, 0.25) is 0 Å². The zero-order valence-corrected chi connectivity index (χ0v) is 15.7. The monoisotopic (exact) mass is 379 g/mol. The van der Waals surface area contributed by atoms with Gasteiger partial charge in [-0.15, -0.1) is 0 Å². The molecule has 0 saturated heterocycles. The van der Waals surface area contributed by atoms with Crippen molar-refractivity contribution in [2.75, 3.05) is 25.6 Å². The van der Waals surface area contributed by atoms with Gasteiger partial charge >= 0.3 is 0 Å². The first-order valence-corrected chi connectivity index (χ1v) is 9.07. The van der Waals surface area contributed by atoms with Gasteiger partial charge in [0.1, 0.15) is 24.7 Å². The van der Waals surface area contributed by atoms with E-state index in [-0.39, 0.29) is 5.91 Å². The number of benzene rings is 3. The summed E-state index contributed by atoms with van der Waals surface area (Å²) in [5, 5.41) is 4.90. The molecule has 1 aliphatic heterocycles. The summed E-state index contributed by atoms with van der Waals surface area (Å²) in [6.45, 7) is 2.74. The Hall–Kier alpha value is -3.41. The van der Waals surface area contributed by atoms with Gasteiger partial charge in [-0.3, -0.25) is 4.79 Å². The summed E-state index contributed by atoms with van der Waals surface area (Å²) in [6.07, 6.45) is -0.670. The third-order valence-electron chi connectivity index (χ3n) is 4.51. The third kappa shape index (κ3) is 3.81. The summed E-state index contributed by atoms with van der Waals surface area (Å²) in [5.41, 5.74) is 0.632. The van der Waals surface area contributed by atoms with Gasteiger partial charge in [0, 0.05) is 11.8 Å². The first-order chi connectivity index (χ1) is 13.6. The molecular weight excluding hydrogens is 358 g/mol. The molecule has 0 bridgehead atoms. The zero-order valence-electron chi connectivity index (χ0n) is 15.7. The Morgan fingerprint density at radius 2 is 1.64 bits per heavy atom. The fraction of sp³-hybridized carbons (Fsp3) is 0.227. The second-order valence-corrected chi connectivity index (χ2v) is 6.48. The molecule has 144 valence electrons. The van der Waals surface area contributed by atoms with E-state index in [1.807, 2.05) is 36.4 Å². The van der Waals surface area contributed by atoms with Gasteiger partial charge in [-0.05, 0) is 54.1 Å². The highest BCUT2D eigenvalue weighted by atomic mass is 16.6. The molecule has 0 fully saturated rings. The van der Waals surface area contributed by atoms with E-state index in [9.17, 15) is 4.79 Å². The number of carbonyl (C=O) groups is 1. The molecule has 1 aliphatic rings. The Morgan fingerprint density at radius 1 is 0.929 bits per heavy atom. The van der Waals surface area contributed by atoms with E-state index in [0.717, 1.165) is 16.5 Å². The Kier molecular flexibility index (Phi) is 4.93. The van der Waals surface area contributed by atoms with Crippen LogP contribution in [-0.4, -0.2) is 32.3 Å². The van der Waals surface area contributed by atoms with Crippen LogP contribution in [0.25, 0.3) is 10.8 Å². The summed E-state index contributed by atoms with van der Waals surface area (Å²) in [4.78, 5) is 12.5. The summed E-state index contributed by atoms with van der Waals surface area (Å²) >= 11 is 0. The average Bonchev–Trinajstić information content (AvgIpc) is 2.73. The van der Waals surface area contributed by atoms with Crippen molar-refractivity contribution >= 4 is 22.4 Å². The predicted octanol–water partition coefficient (Wildman–Crippen LogP) is 4.03. The van der Waals surface area contributed by atoms with Gasteiger partial charge in [-0.1, -0.05) is 12.1 Å². The first kappa shape index (κ1) is 18.0. The molecule has 0 saturated carbocycles. The molecular formula is C22H21NO5. The van der Waals surface area contributed by atoms with Gasteiger partial charge in [0.15, 0.2) is 17.6 Å². The molecule has 0 unspecified atom stereocenters. The van der Waals surface area contributed by atoms with Gasteiger partial charge in [-0.25, -0.2) is 0 Å². The average molecular weight is 379 g/mol. The standard InChI is InChI=1S/C22H21NO5/c1-14(22(24)23-17-5-8-20-21(13-17)27-10-9-26-20)28-19-7-4-15-3-6-18(25-2)11-16(15)12-19/h3-8,11-14H,9-10H2,1-2H3,(H,23,24)/t14-/m0/s1. The third-order valence-corrected chi connectivity index (χ3v) is 4.51. The fourth-order valence-electron chi connectivity index (χ4n) is 3.03. The second-order valence-electron chi connectivity index (χ2n) is 6.48. The molecule has 4 rings (SSSR count). The Labute approximate surface area is 163 Å². The van der Waals surface area contributed by atoms with E-state index < -0.39 is 6.10 Å². The molecule has 0 aromatic heterocycles. The lowest BCUT2D eigenvalue weighted by molar-refractivity contribution is -0.122. The van der Waals surface area contributed by atoms with Crippen molar-refractivity contribution < 1.29 is 23.7 Å². The quantitative estimate of drug-likeness (QED) is 0.725. The SMILES string of the molecule is COc1ccc2ccc(O[C@@H](C)C(=O)Nc3ccc4c(c3)OCCO4)cc2c1. The van der Waals surface area contributed by atoms with Crippen LogP contribution in [0.4, 0.5) is 5.69 Å². The molecule has 0 radical (unpaired) electrons. The number of fused-ring (bicyclic) bond motifs is 2. The van der Waals surface area contributed by atoms with Gasteiger partial charge in [-0.2, -0.15) is 0 Å². The minimum Gasteiger partial charge on any atom is -0.497 e. The number of nitrogens with one attached hydrogen (secondary N) is 1. The summed E-state index contributed by atoms with van der Waals surface area (Å²) < 4.78 is 22.1. The number of hydrogen-bond donors (Lipinski definition) is 1. The Bertz CT molecular complexity index is 1020. The summed E-state index contributed by atoms with van der Waals surface area (Å²) in [7, 11) is 1.63. The van der Waals surface area contributed by atoms with Crippen LogP contribution in [0.3, 0.4) is 0 Å². The number of hydrogen-bond acceptors (Lipinski definition) is 5. The molecule has 6 nitrogen and oxygen atoms in total. The fourth-order valence-corrected chi connectivity index (χ4v) is 3.03. The van der Waals surface area contributed by atoms with Crippen molar-refractivity contribution in [2.24, 2.45) is 0 Å². The first-order valence-electron chi connectivity index (χ1n) is 9.07. The topological polar surface area (TPSA) is 66.0 Å². The van der Waals surface area contributed by atoms with E-state index in [4.69, 9.17) is 18.9 Å². The van der Waals surface area contributed by atoms with Crippen molar-refractivity contribution in [1.29, 1.82) is 0 Å². The van der Waals surface area contributed by atoms with Crippen LogP contribution in [0.5, 0.6) is 23.0 Å². The van der Waals surface area contributed by atoms with E-state index in [2.05, 4.69) is 5.32 Å². The lowest BCUT2D eigenvalue weighted by atomic mass is 10.1. The number of methoxy groups -OCH3 is 1. The van der Waals surface area contributed by atoms with Crippen LogP contribution >= 0.6 is 0 Å². The lowest BCUT2D eigenvalue weighted by Gasteiger charge is -2.20. The van der Waals surface area contributed by atoms with Gasteiger partial charge in [0.05, 0.1) is 7.11 Å². The van der Waals surface area contributed by atoms with Crippen molar-refractivity contribution in [3.63, 3.8) is 0 Å². The van der Waals surface area contributed by atoms with Crippen LogP contribution in [-0.2, 0) is 4.79 Å². The van der Waals surface area contributed by atoms with E-state index in [1.165, 1.54) is 0 Å². The maximum Gasteiger partial charge on any atom is 0.265 e. The Morgan fingerprint density at radius 3 is 2.43 bits per heavy atom. The predicted molar refractivity (Wildman–Crippen MR) is 107 cm³/mol. The maximum absolute atomic E-state index is 12.5. The number of anilines is 1. The molecule has 0 spiro atoms. The number of rotatable bonds is 5. The van der Waals surface area contributed by atoms with Gasteiger partial charge < -0.3 is 24.3 Å². The molecule has 1 atom stereocenters. The molecule has 1 N–H and O–H groups in total. The molecule has 6 heteroatoms. The number of carbonyl (C=O) groups excluding carboxylic acids is 1. The highest BCUT2D eigenvalue weighted by Gasteiger charge is 2.17. The van der Waals surface area contributed by atoms with Crippen LogP contribution in [0, 0.1) is 0 Å². The highest BCUT2D eigenvalue weighted by Crippen LogP contribution is 2.32. The minimum absolute atomic E-state index is 0.248. The second kappa shape index (κ2) is 7.68. The lowest BCUT2D eigenvalue weighted by Crippen LogP contribution is -2.30. The smallest absolute Gasteiger partial charge is 0.265 e. The largest absolute Gasteiger partial charge is 0.497 e. The molecule has 1 amide bonds. The van der Waals surface area contributed by atoms with Crippen molar-refractivity contribution in [3.05, 3.63) is 54.6 Å². The Balaban J connectivity index is 1.45. The highest BCUT2D eigenvalue weighted by molar-refractivity contribution is 5.94. The number of amides is 1.